The molecule has 0 bridgehead atoms. The lowest BCUT2D eigenvalue weighted by Crippen LogP contribution is -2.01. The lowest BCUT2D eigenvalue weighted by Gasteiger charge is -2.08. The van der Waals surface area contributed by atoms with Gasteiger partial charge in [-0.05, 0) is 30.3 Å². The molecule has 0 radical (unpaired) electrons. The van der Waals surface area contributed by atoms with Crippen molar-refractivity contribution >= 4 is 5.69 Å². The number of para-hydroxylation sites is 2. The molecule has 8 nitrogen and oxygen atoms in total. The van der Waals surface area contributed by atoms with Gasteiger partial charge in [-0.1, -0.05) is 12.1 Å². The number of nitro groups is 1. The molecular formula is C18H15N3O5. The van der Waals surface area contributed by atoms with Crippen LogP contribution in [-0.2, 0) is 13.2 Å². The van der Waals surface area contributed by atoms with E-state index >= 15 is 0 Å². The van der Waals surface area contributed by atoms with E-state index < -0.39 is 4.92 Å². The maximum atomic E-state index is 11.0. The van der Waals surface area contributed by atoms with Gasteiger partial charge in [0.15, 0.2) is 0 Å². The Balaban J connectivity index is 1.62. The van der Waals surface area contributed by atoms with Crippen molar-refractivity contribution in [1.29, 1.82) is 0 Å². The highest BCUT2D eigenvalue weighted by Gasteiger charge is 2.14. The molecule has 0 unspecified atom stereocenters. The standard InChI is InChI=1S/C18H15N3O5/c22-11-13-9-20-14(10-19-13)12-25-15-5-7-16(8-6-15)26-18-4-2-1-3-17(18)21(23)24/h1-10,22H,11-12H2. The fourth-order valence-electron chi connectivity index (χ4n) is 2.12. The van der Waals surface area contributed by atoms with E-state index in [0.717, 1.165) is 0 Å². The molecule has 132 valence electrons. The highest BCUT2D eigenvalue weighted by Crippen LogP contribution is 2.31. The second-order valence-electron chi connectivity index (χ2n) is 5.24. The molecule has 0 saturated heterocycles. The summed E-state index contributed by atoms with van der Waals surface area (Å²) in [7, 11) is 0. The Labute approximate surface area is 148 Å². The fraction of sp³-hybridized carbons (Fsp3) is 0.111. The Morgan fingerprint density at radius 1 is 0.962 bits per heavy atom. The second-order valence-corrected chi connectivity index (χ2v) is 5.24. The van der Waals surface area contributed by atoms with Crippen molar-refractivity contribution < 1.29 is 19.5 Å². The minimum absolute atomic E-state index is 0.0993. The third-order valence-electron chi connectivity index (χ3n) is 3.42. The van der Waals surface area contributed by atoms with Gasteiger partial charge in [-0.3, -0.25) is 20.1 Å². The largest absolute Gasteiger partial charge is 0.487 e. The van der Waals surface area contributed by atoms with Gasteiger partial charge in [0.25, 0.3) is 0 Å². The Bertz CT molecular complexity index is 882. The molecule has 3 rings (SSSR count). The minimum Gasteiger partial charge on any atom is -0.487 e. The van der Waals surface area contributed by atoms with E-state index in [1.54, 1.807) is 36.4 Å². The van der Waals surface area contributed by atoms with E-state index in [0.29, 0.717) is 22.9 Å². The number of ether oxygens (including phenoxy) is 2. The van der Waals surface area contributed by atoms with Crippen molar-refractivity contribution in [3.05, 3.63) is 82.4 Å². The van der Waals surface area contributed by atoms with Crippen LogP contribution >= 0.6 is 0 Å². The summed E-state index contributed by atoms with van der Waals surface area (Å²) in [6.45, 7) is 0.0677. The molecule has 0 spiro atoms. The van der Waals surface area contributed by atoms with Gasteiger partial charge >= 0.3 is 5.69 Å². The molecule has 1 N–H and O–H groups in total. The molecular weight excluding hydrogens is 338 g/mol. The number of nitro benzene ring substituents is 1. The lowest BCUT2D eigenvalue weighted by molar-refractivity contribution is -0.385. The van der Waals surface area contributed by atoms with Crippen molar-refractivity contribution in [2.45, 2.75) is 13.2 Å². The van der Waals surface area contributed by atoms with Crippen LogP contribution in [0.4, 0.5) is 5.69 Å². The molecule has 0 aliphatic rings. The van der Waals surface area contributed by atoms with Crippen LogP contribution in [0.5, 0.6) is 17.2 Å². The topological polar surface area (TPSA) is 108 Å². The maximum absolute atomic E-state index is 11.0. The third kappa shape index (κ3) is 4.31. The maximum Gasteiger partial charge on any atom is 0.311 e. The average molecular weight is 353 g/mol. The van der Waals surface area contributed by atoms with Crippen LogP contribution in [0.3, 0.4) is 0 Å². The zero-order valence-electron chi connectivity index (χ0n) is 13.6. The smallest absolute Gasteiger partial charge is 0.311 e. The van der Waals surface area contributed by atoms with Crippen molar-refractivity contribution in [3.63, 3.8) is 0 Å². The van der Waals surface area contributed by atoms with Gasteiger partial charge in [-0.25, -0.2) is 0 Å². The van der Waals surface area contributed by atoms with Crippen molar-refractivity contribution in [2.75, 3.05) is 0 Å². The molecule has 0 aliphatic carbocycles. The molecule has 0 saturated carbocycles. The first-order valence-corrected chi connectivity index (χ1v) is 7.70. The van der Waals surface area contributed by atoms with Gasteiger partial charge in [0.05, 0.1) is 35.3 Å². The summed E-state index contributed by atoms with van der Waals surface area (Å²) in [6, 6.07) is 12.9. The van der Waals surface area contributed by atoms with Crippen LogP contribution in [0.2, 0.25) is 0 Å². The first-order valence-electron chi connectivity index (χ1n) is 7.70. The Hall–Kier alpha value is -3.52. The zero-order valence-corrected chi connectivity index (χ0v) is 13.6. The summed E-state index contributed by atoms with van der Waals surface area (Å²) in [6.07, 6.45) is 3.03. The van der Waals surface area contributed by atoms with E-state index in [1.807, 2.05) is 0 Å². The molecule has 1 heterocycles. The van der Waals surface area contributed by atoms with Crippen LogP contribution in [0.25, 0.3) is 0 Å². The Morgan fingerprint density at radius 2 is 1.62 bits per heavy atom. The normalized spacial score (nSPS) is 10.3. The quantitative estimate of drug-likeness (QED) is 0.513. The third-order valence-corrected chi connectivity index (χ3v) is 3.42. The van der Waals surface area contributed by atoms with Crippen LogP contribution in [0.1, 0.15) is 11.4 Å². The predicted molar refractivity (Wildman–Crippen MR) is 91.9 cm³/mol. The first kappa shape index (κ1) is 17.3. The lowest BCUT2D eigenvalue weighted by atomic mass is 10.3. The number of rotatable bonds is 7. The monoisotopic (exact) mass is 353 g/mol. The van der Waals surface area contributed by atoms with E-state index in [9.17, 15) is 10.1 Å². The van der Waals surface area contributed by atoms with Gasteiger partial charge in [0.2, 0.25) is 5.75 Å². The highest BCUT2D eigenvalue weighted by molar-refractivity contribution is 5.48. The minimum atomic E-state index is -0.490. The van der Waals surface area contributed by atoms with Gasteiger partial charge in [-0.2, -0.15) is 0 Å². The summed E-state index contributed by atoms with van der Waals surface area (Å²) in [5, 5.41) is 19.9. The number of hydrogen-bond acceptors (Lipinski definition) is 7. The molecule has 0 aliphatic heterocycles. The van der Waals surface area contributed by atoms with E-state index in [1.165, 1.54) is 24.5 Å². The Morgan fingerprint density at radius 3 is 2.27 bits per heavy atom. The van der Waals surface area contributed by atoms with Crippen molar-refractivity contribution in [3.8, 4) is 17.2 Å². The number of aromatic nitrogens is 2. The van der Waals surface area contributed by atoms with Crippen LogP contribution in [-0.4, -0.2) is 20.0 Å². The second kappa shape index (κ2) is 8.04. The molecule has 2 aromatic carbocycles. The summed E-state index contributed by atoms with van der Waals surface area (Å²) < 4.78 is 11.2. The number of nitrogens with zero attached hydrogens (tertiary/aromatic N) is 3. The number of aliphatic hydroxyl groups excluding tert-OH is 1. The van der Waals surface area contributed by atoms with Crippen molar-refractivity contribution in [2.24, 2.45) is 0 Å². The first-order chi connectivity index (χ1) is 12.7. The Kier molecular flexibility index (Phi) is 5.35. The summed E-state index contributed by atoms with van der Waals surface area (Å²) in [5.74, 6) is 1.22. The van der Waals surface area contributed by atoms with Gasteiger partial charge in [0.1, 0.15) is 18.1 Å². The summed E-state index contributed by atoms with van der Waals surface area (Å²) in [4.78, 5) is 18.7. The molecule has 0 atom stereocenters. The van der Waals surface area contributed by atoms with Crippen LogP contribution in [0.15, 0.2) is 60.9 Å². The summed E-state index contributed by atoms with van der Waals surface area (Å²) >= 11 is 0. The SMILES string of the molecule is O=[N+]([O-])c1ccccc1Oc1ccc(OCc2cnc(CO)cn2)cc1. The van der Waals surface area contributed by atoms with Gasteiger partial charge in [-0.15, -0.1) is 0 Å². The number of hydrogen-bond donors (Lipinski definition) is 1. The molecule has 1 aromatic heterocycles. The molecule has 0 fully saturated rings. The molecule has 8 heteroatoms. The zero-order chi connectivity index (χ0) is 18.4. The van der Waals surface area contributed by atoms with Gasteiger partial charge < -0.3 is 14.6 Å². The van der Waals surface area contributed by atoms with Crippen LogP contribution < -0.4 is 9.47 Å². The average Bonchev–Trinajstić information content (AvgIpc) is 2.68. The van der Waals surface area contributed by atoms with E-state index in [-0.39, 0.29) is 24.7 Å². The molecule has 0 amide bonds. The van der Waals surface area contributed by atoms with Gasteiger partial charge in [0, 0.05) is 6.07 Å². The molecule has 26 heavy (non-hydrogen) atoms. The number of benzene rings is 2. The molecule has 3 aromatic rings. The van der Waals surface area contributed by atoms with Crippen LogP contribution in [0, 0.1) is 10.1 Å². The van der Waals surface area contributed by atoms with E-state index in [2.05, 4.69) is 9.97 Å². The number of aliphatic hydroxyl groups is 1. The predicted octanol–water partition coefficient (Wildman–Crippen LogP) is 3.25. The van der Waals surface area contributed by atoms with Crippen molar-refractivity contribution in [1.82, 2.24) is 9.97 Å². The fourth-order valence-corrected chi connectivity index (χ4v) is 2.12. The van der Waals surface area contributed by atoms with E-state index in [4.69, 9.17) is 14.6 Å². The summed E-state index contributed by atoms with van der Waals surface area (Å²) in [5.41, 5.74) is 1.02. The highest BCUT2D eigenvalue weighted by atomic mass is 16.6.